The Hall–Kier alpha value is -1.76. The topological polar surface area (TPSA) is 9.23 Å². The van der Waals surface area contributed by atoms with Gasteiger partial charge in [0.1, 0.15) is 5.75 Å². The van der Waals surface area contributed by atoms with Crippen molar-refractivity contribution in [3.63, 3.8) is 0 Å². The van der Waals surface area contributed by atoms with E-state index < -0.39 is 0 Å². The van der Waals surface area contributed by atoms with Gasteiger partial charge in [0.05, 0.1) is 6.61 Å². The number of rotatable bonds is 8. The molecule has 0 aliphatic rings. The van der Waals surface area contributed by atoms with Gasteiger partial charge in [-0.05, 0) is 55.0 Å². The second kappa shape index (κ2) is 8.76. The summed E-state index contributed by atoms with van der Waals surface area (Å²) in [4.78, 5) is 0. The van der Waals surface area contributed by atoms with E-state index in [9.17, 15) is 0 Å². The quantitative estimate of drug-likeness (QED) is 0.536. The molecule has 0 amide bonds. The lowest BCUT2D eigenvalue weighted by Gasteiger charge is -2.16. The van der Waals surface area contributed by atoms with Crippen LogP contribution in [0.1, 0.15) is 50.7 Å². The van der Waals surface area contributed by atoms with Gasteiger partial charge in [-0.2, -0.15) is 0 Å². The largest absolute Gasteiger partial charge is 0.493 e. The minimum Gasteiger partial charge on any atom is -0.493 e. The standard InChI is InChI=1S/C22H30O/c1-5-7-9-19(6-2)16-23-21-11-8-10-20(15-21)22-14-17(3)12-13-18(22)4/h8,10-15,19H,5-7,9,16H2,1-4H3. The van der Waals surface area contributed by atoms with E-state index in [1.165, 1.54) is 47.9 Å². The van der Waals surface area contributed by atoms with Crippen LogP contribution in [0.3, 0.4) is 0 Å². The summed E-state index contributed by atoms with van der Waals surface area (Å²) in [5.41, 5.74) is 5.14. The van der Waals surface area contributed by atoms with Crippen molar-refractivity contribution in [2.24, 2.45) is 5.92 Å². The normalized spacial score (nSPS) is 12.2. The molecule has 0 spiro atoms. The van der Waals surface area contributed by atoms with Gasteiger partial charge in [0, 0.05) is 0 Å². The van der Waals surface area contributed by atoms with Crippen molar-refractivity contribution in [1.82, 2.24) is 0 Å². The van der Waals surface area contributed by atoms with Crippen molar-refractivity contribution < 1.29 is 4.74 Å². The predicted octanol–water partition coefficient (Wildman–Crippen LogP) is 6.57. The van der Waals surface area contributed by atoms with Crippen LogP contribution in [0.25, 0.3) is 11.1 Å². The second-order valence-corrected chi connectivity index (χ2v) is 6.57. The van der Waals surface area contributed by atoms with E-state index in [1.54, 1.807) is 0 Å². The number of aryl methyl sites for hydroxylation is 2. The van der Waals surface area contributed by atoms with Crippen molar-refractivity contribution in [1.29, 1.82) is 0 Å². The Balaban J connectivity index is 2.09. The molecule has 1 heteroatoms. The Bertz CT molecular complexity index is 615. The zero-order chi connectivity index (χ0) is 16.7. The third-order valence-electron chi connectivity index (χ3n) is 4.57. The summed E-state index contributed by atoms with van der Waals surface area (Å²) in [5, 5.41) is 0. The molecule has 2 aromatic rings. The van der Waals surface area contributed by atoms with E-state index in [0.29, 0.717) is 5.92 Å². The van der Waals surface area contributed by atoms with Gasteiger partial charge in [0.25, 0.3) is 0 Å². The first-order chi connectivity index (χ1) is 11.1. The highest BCUT2D eigenvalue weighted by atomic mass is 16.5. The summed E-state index contributed by atoms with van der Waals surface area (Å²) < 4.78 is 6.09. The minimum absolute atomic E-state index is 0.666. The van der Waals surface area contributed by atoms with Gasteiger partial charge in [0.15, 0.2) is 0 Å². The molecule has 0 saturated heterocycles. The Morgan fingerprint density at radius 2 is 1.83 bits per heavy atom. The van der Waals surface area contributed by atoms with Gasteiger partial charge in [-0.3, -0.25) is 0 Å². The molecular weight excluding hydrogens is 280 g/mol. The highest BCUT2D eigenvalue weighted by Crippen LogP contribution is 2.28. The molecule has 2 rings (SSSR count). The van der Waals surface area contributed by atoms with Crippen molar-refractivity contribution in [2.45, 2.75) is 53.4 Å². The van der Waals surface area contributed by atoms with Crippen molar-refractivity contribution in [3.05, 3.63) is 53.6 Å². The molecule has 0 fully saturated rings. The fraction of sp³-hybridized carbons (Fsp3) is 0.455. The second-order valence-electron chi connectivity index (χ2n) is 6.57. The third-order valence-corrected chi connectivity index (χ3v) is 4.57. The monoisotopic (exact) mass is 310 g/mol. The van der Waals surface area contributed by atoms with Crippen LogP contribution in [-0.2, 0) is 0 Å². The van der Waals surface area contributed by atoms with Gasteiger partial charge >= 0.3 is 0 Å². The lowest BCUT2D eigenvalue weighted by molar-refractivity contribution is 0.233. The van der Waals surface area contributed by atoms with E-state index >= 15 is 0 Å². The average Bonchev–Trinajstić information content (AvgIpc) is 2.57. The minimum atomic E-state index is 0.666. The van der Waals surface area contributed by atoms with Crippen molar-refractivity contribution in [2.75, 3.05) is 6.61 Å². The smallest absolute Gasteiger partial charge is 0.119 e. The van der Waals surface area contributed by atoms with E-state index in [4.69, 9.17) is 4.74 Å². The van der Waals surface area contributed by atoms with Crippen LogP contribution in [0.2, 0.25) is 0 Å². The van der Waals surface area contributed by atoms with E-state index in [-0.39, 0.29) is 0 Å². The highest BCUT2D eigenvalue weighted by Gasteiger charge is 2.08. The Kier molecular flexibility index (Phi) is 6.70. The molecule has 124 valence electrons. The Labute approximate surface area is 141 Å². The Morgan fingerprint density at radius 1 is 1.00 bits per heavy atom. The molecule has 0 bridgehead atoms. The fourth-order valence-electron chi connectivity index (χ4n) is 2.91. The molecule has 0 aromatic heterocycles. The molecule has 0 saturated carbocycles. The van der Waals surface area contributed by atoms with Gasteiger partial charge in [-0.1, -0.05) is 69.0 Å². The van der Waals surface area contributed by atoms with Crippen molar-refractivity contribution >= 4 is 0 Å². The van der Waals surface area contributed by atoms with Crippen LogP contribution in [0.5, 0.6) is 5.75 Å². The van der Waals surface area contributed by atoms with Crippen LogP contribution in [0, 0.1) is 19.8 Å². The first kappa shape index (κ1) is 17.6. The van der Waals surface area contributed by atoms with Crippen LogP contribution in [-0.4, -0.2) is 6.61 Å². The molecule has 0 aliphatic carbocycles. The summed E-state index contributed by atoms with van der Waals surface area (Å²) in [6.45, 7) is 9.65. The number of hydrogen-bond acceptors (Lipinski definition) is 1. The summed E-state index contributed by atoms with van der Waals surface area (Å²) in [6.07, 6.45) is 5.02. The average molecular weight is 310 g/mol. The van der Waals surface area contributed by atoms with Crippen LogP contribution < -0.4 is 4.74 Å². The molecule has 2 aromatic carbocycles. The highest BCUT2D eigenvalue weighted by molar-refractivity contribution is 5.69. The van der Waals surface area contributed by atoms with Gasteiger partial charge in [-0.25, -0.2) is 0 Å². The summed E-state index contributed by atoms with van der Waals surface area (Å²) in [5.74, 6) is 1.65. The van der Waals surface area contributed by atoms with Gasteiger partial charge in [0.2, 0.25) is 0 Å². The maximum absolute atomic E-state index is 6.09. The zero-order valence-electron chi connectivity index (χ0n) is 15.1. The van der Waals surface area contributed by atoms with Gasteiger partial charge < -0.3 is 4.74 Å². The maximum atomic E-state index is 6.09. The summed E-state index contributed by atoms with van der Waals surface area (Å²) in [6, 6.07) is 15.1. The molecule has 23 heavy (non-hydrogen) atoms. The summed E-state index contributed by atoms with van der Waals surface area (Å²) >= 11 is 0. The number of hydrogen-bond donors (Lipinski definition) is 0. The molecule has 0 heterocycles. The maximum Gasteiger partial charge on any atom is 0.119 e. The van der Waals surface area contributed by atoms with Crippen LogP contribution in [0.4, 0.5) is 0 Å². The van der Waals surface area contributed by atoms with Crippen LogP contribution in [0.15, 0.2) is 42.5 Å². The zero-order valence-corrected chi connectivity index (χ0v) is 15.1. The molecule has 0 N–H and O–H groups in total. The SMILES string of the molecule is CCCCC(CC)COc1cccc(-c2cc(C)ccc2C)c1. The lowest BCUT2D eigenvalue weighted by atomic mass is 9.98. The van der Waals surface area contributed by atoms with E-state index in [0.717, 1.165) is 12.4 Å². The van der Waals surface area contributed by atoms with Crippen molar-refractivity contribution in [3.8, 4) is 16.9 Å². The lowest BCUT2D eigenvalue weighted by Crippen LogP contribution is -2.11. The van der Waals surface area contributed by atoms with Gasteiger partial charge in [-0.15, -0.1) is 0 Å². The Morgan fingerprint density at radius 3 is 2.57 bits per heavy atom. The molecule has 1 nitrogen and oxygen atoms in total. The van der Waals surface area contributed by atoms with E-state index in [1.807, 2.05) is 0 Å². The predicted molar refractivity (Wildman–Crippen MR) is 100 cm³/mol. The molecule has 0 radical (unpaired) electrons. The molecule has 0 aliphatic heterocycles. The van der Waals surface area contributed by atoms with E-state index in [2.05, 4.69) is 70.2 Å². The number of ether oxygens (including phenoxy) is 1. The van der Waals surface area contributed by atoms with Crippen LogP contribution >= 0.6 is 0 Å². The molecule has 1 atom stereocenters. The third kappa shape index (κ3) is 5.13. The fourth-order valence-corrected chi connectivity index (χ4v) is 2.91. The first-order valence-electron chi connectivity index (χ1n) is 8.94. The first-order valence-corrected chi connectivity index (χ1v) is 8.94. The number of unbranched alkanes of at least 4 members (excludes halogenated alkanes) is 1. The molecular formula is C22H30O. The number of benzene rings is 2. The summed E-state index contributed by atoms with van der Waals surface area (Å²) in [7, 11) is 0. The molecule has 1 unspecified atom stereocenters.